The normalized spacial score (nSPS) is 18.8. The monoisotopic (exact) mass is 415 g/mol. The summed E-state index contributed by atoms with van der Waals surface area (Å²) < 4.78 is 5.22. The van der Waals surface area contributed by atoms with Crippen molar-refractivity contribution in [3.8, 4) is 5.75 Å². The van der Waals surface area contributed by atoms with Crippen LogP contribution >= 0.6 is 11.6 Å². The number of methoxy groups -OCH3 is 1. The molecular weight excluding hydrogens is 390 g/mol. The summed E-state index contributed by atoms with van der Waals surface area (Å²) in [4.78, 5) is 27.3. The third kappa shape index (κ3) is 5.21. The second-order valence-electron chi connectivity index (χ2n) is 7.53. The Hall–Kier alpha value is -2.73. The first-order chi connectivity index (χ1) is 13.9. The van der Waals surface area contributed by atoms with Gasteiger partial charge in [0.15, 0.2) is 0 Å². The number of carbonyl (C=O) groups excluding carboxylic acids is 2. The molecule has 0 spiro atoms. The zero-order valence-corrected chi connectivity index (χ0v) is 17.5. The van der Waals surface area contributed by atoms with Gasteiger partial charge in [0.05, 0.1) is 23.2 Å². The van der Waals surface area contributed by atoms with Crippen molar-refractivity contribution in [2.24, 2.45) is 5.41 Å². The summed E-state index contributed by atoms with van der Waals surface area (Å²) in [6, 6.07) is 14.4. The van der Waals surface area contributed by atoms with Crippen LogP contribution in [0.4, 0.5) is 10.5 Å². The fourth-order valence-corrected chi connectivity index (χ4v) is 3.72. The van der Waals surface area contributed by atoms with E-state index in [0.29, 0.717) is 30.3 Å². The molecule has 0 aromatic heterocycles. The van der Waals surface area contributed by atoms with Crippen LogP contribution < -0.4 is 15.4 Å². The van der Waals surface area contributed by atoms with E-state index in [1.165, 1.54) is 0 Å². The van der Waals surface area contributed by atoms with Crippen LogP contribution in [-0.2, 0) is 11.3 Å². The number of rotatable bonds is 5. The van der Waals surface area contributed by atoms with E-state index in [1.807, 2.05) is 43.3 Å². The third-order valence-electron chi connectivity index (χ3n) is 5.23. The Morgan fingerprint density at radius 1 is 1.21 bits per heavy atom. The Kier molecular flexibility index (Phi) is 6.64. The van der Waals surface area contributed by atoms with Gasteiger partial charge in [0, 0.05) is 19.6 Å². The second-order valence-corrected chi connectivity index (χ2v) is 7.94. The van der Waals surface area contributed by atoms with Gasteiger partial charge < -0.3 is 20.3 Å². The number of anilines is 1. The molecule has 3 rings (SSSR count). The number of nitrogens with one attached hydrogen (secondary N) is 2. The standard InChI is InChI=1S/C22H26ClN3O3/c1-22(20(27)24-14-16-7-5-8-17(13-16)29-2)11-6-12-26(15-22)21(28)25-19-10-4-3-9-18(19)23/h3-5,7-10,13H,6,11-12,14-15H2,1-2H3,(H,24,27)(H,25,28)/t22-/m1/s1. The summed E-state index contributed by atoms with van der Waals surface area (Å²) in [6.07, 6.45) is 1.49. The number of halogens is 1. The van der Waals surface area contributed by atoms with Crippen LogP contribution in [-0.4, -0.2) is 37.0 Å². The molecule has 0 aliphatic carbocycles. The molecule has 2 N–H and O–H groups in total. The number of para-hydroxylation sites is 1. The van der Waals surface area contributed by atoms with Crippen molar-refractivity contribution < 1.29 is 14.3 Å². The average Bonchev–Trinajstić information content (AvgIpc) is 2.73. The lowest BCUT2D eigenvalue weighted by molar-refractivity contribution is -0.132. The van der Waals surface area contributed by atoms with Gasteiger partial charge in [-0.15, -0.1) is 0 Å². The summed E-state index contributed by atoms with van der Waals surface area (Å²) >= 11 is 6.13. The van der Waals surface area contributed by atoms with Crippen molar-refractivity contribution in [3.05, 3.63) is 59.1 Å². The van der Waals surface area contributed by atoms with E-state index in [2.05, 4.69) is 10.6 Å². The van der Waals surface area contributed by atoms with Gasteiger partial charge in [-0.05, 0) is 49.6 Å². The molecule has 154 valence electrons. The molecule has 0 bridgehead atoms. The Balaban J connectivity index is 1.60. The van der Waals surface area contributed by atoms with Crippen molar-refractivity contribution in [2.45, 2.75) is 26.3 Å². The van der Waals surface area contributed by atoms with E-state index < -0.39 is 5.41 Å². The van der Waals surface area contributed by atoms with Gasteiger partial charge in [-0.25, -0.2) is 4.79 Å². The zero-order chi connectivity index (χ0) is 20.9. The first-order valence-electron chi connectivity index (χ1n) is 9.63. The van der Waals surface area contributed by atoms with E-state index in [-0.39, 0.29) is 11.9 Å². The number of piperidine rings is 1. The topological polar surface area (TPSA) is 70.7 Å². The Labute approximate surface area is 176 Å². The summed E-state index contributed by atoms with van der Waals surface area (Å²) in [5.74, 6) is 0.693. The molecule has 0 saturated carbocycles. The lowest BCUT2D eigenvalue weighted by atomic mass is 9.81. The Morgan fingerprint density at radius 2 is 2.00 bits per heavy atom. The fraction of sp³-hybridized carbons (Fsp3) is 0.364. The van der Waals surface area contributed by atoms with Crippen LogP contribution in [0.2, 0.25) is 5.02 Å². The van der Waals surface area contributed by atoms with Gasteiger partial charge in [0.1, 0.15) is 5.75 Å². The number of benzene rings is 2. The molecular formula is C22H26ClN3O3. The molecule has 1 aliphatic heterocycles. The summed E-state index contributed by atoms with van der Waals surface area (Å²) in [5.41, 5.74) is 0.883. The second kappa shape index (κ2) is 9.18. The van der Waals surface area contributed by atoms with Gasteiger partial charge in [0.2, 0.25) is 5.91 Å². The van der Waals surface area contributed by atoms with Crippen molar-refractivity contribution in [2.75, 3.05) is 25.5 Å². The van der Waals surface area contributed by atoms with E-state index in [9.17, 15) is 9.59 Å². The smallest absolute Gasteiger partial charge is 0.321 e. The minimum atomic E-state index is -0.644. The molecule has 0 radical (unpaired) electrons. The minimum absolute atomic E-state index is 0.0597. The predicted octanol–water partition coefficient (Wildman–Crippen LogP) is 4.30. The summed E-state index contributed by atoms with van der Waals surface area (Å²) in [7, 11) is 1.61. The number of amides is 3. The highest BCUT2D eigenvalue weighted by Crippen LogP contribution is 2.31. The summed E-state index contributed by atoms with van der Waals surface area (Å²) in [6.45, 7) is 3.28. The highest BCUT2D eigenvalue weighted by Gasteiger charge is 2.39. The number of hydrogen-bond donors (Lipinski definition) is 2. The Bertz CT molecular complexity index is 889. The van der Waals surface area contributed by atoms with Crippen LogP contribution in [0.5, 0.6) is 5.75 Å². The van der Waals surface area contributed by atoms with Gasteiger partial charge >= 0.3 is 6.03 Å². The quantitative estimate of drug-likeness (QED) is 0.764. The maximum atomic E-state index is 12.9. The lowest BCUT2D eigenvalue weighted by Gasteiger charge is -2.39. The molecule has 2 aromatic rings. The van der Waals surface area contributed by atoms with Crippen molar-refractivity contribution >= 4 is 29.2 Å². The average molecular weight is 416 g/mol. The number of nitrogens with zero attached hydrogens (tertiary/aromatic N) is 1. The third-order valence-corrected chi connectivity index (χ3v) is 5.56. The van der Waals surface area contributed by atoms with Crippen molar-refractivity contribution in [1.82, 2.24) is 10.2 Å². The number of hydrogen-bond acceptors (Lipinski definition) is 3. The van der Waals surface area contributed by atoms with Crippen LogP contribution in [0.1, 0.15) is 25.3 Å². The molecule has 1 aliphatic rings. The van der Waals surface area contributed by atoms with Gasteiger partial charge in [-0.2, -0.15) is 0 Å². The van der Waals surface area contributed by atoms with E-state index >= 15 is 0 Å². The highest BCUT2D eigenvalue weighted by atomic mass is 35.5. The molecule has 0 unspecified atom stereocenters. The SMILES string of the molecule is COc1cccc(CNC(=O)[C@]2(C)CCCN(C(=O)Nc3ccccc3Cl)C2)c1. The number of urea groups is 1. The summed E-state index contributed by atoms with van der Waals surface area (Å²) in [5, 5.41) is 6.32. The first-order valence-corrected chi connectivity index (χ1v) is 10.0. The van der Waals surface area contributed by atoms with Crippen LogP contribution in [0.25, 0.3) is 0 Å². The number of carbonyl (C=O) groups is 2. The fourth-order valence-electron chi connectivity index (χ4n) is 3.53. The molecule has 1 fully saturated rings. The molecule has 29 heavy (non-hydrogen) atoms. The first kappa shape index (κ1) is 21.0. The van der Waals surface area contributed by atoms with Crippen molar-refractivity contribution in [3.63, 3.8) is 0 Å². The van der Waals surface area contributed by atoms with Gasteiger partial charge in [-0.3, -0.25) is 4.79 Å². The van der Waals surface area contributed by atoms with E-state index in [0.717, 1.165) is 24.2 Å². The molecule has 1 heterocycles. The molecule has 6 nitrogen and oxygen atoms in total. The molecule has 1 atom stereocenters. The lowest BCUT2D eigenvalue weighted by Crippen LogP contribution is -2.52. The molecule has 2 aromatic carbocycles. The van der Waals surface area contributed by atoms with Crippen LogP contribution in [0, 0.1) is 5.41 Å². The zero-order valence-electron chi connectivity index (χ0n) is 16.7. The van der Waals surface area contributed by atoms with E-state index in [1.54, 1.807) is 24.1 Å². The molecule has 1 saturated heterocycles. The maximum absolute atomic E-state index is 12.9. The Morgan fingerprint density at radius 3 is 2.76 bits per heavy atom. The number of likely N-dealkylation sites (tertiary alicyclic amines) is 1. The largest absolute Gasteiger partial charge is 0.497 e. The molecule has 3 amide bonds. The number of ether oxygens (including phenoxy) is 1. The van der Waals surface area contributed by atoms with Gasteiger partial charge in [-0.1, -0.05) is 35.9 Å². The van der Waals surface area contributed by atoms with Gasteiger partial charge in [0.25, 0.3) is 0 Å². The van der Waals surface area contributed by atoms with Crippen LogP contribution in [0.3, 0.4) is 0 Å². The minimum Gasteiger partial charge on any atom is -0.497 e. The van der Waals surface area contributed by atoms with E-state index in [4.69, 9.17) is 16.3 Å². The van der Waals surface area contributed by atoms with Crippen molar-refractivity contribution in [1.29, 1.82) is 0 Å². The van der Waals surface area contributed by atoms with Crippen LogP contribution in [0.15, 0.2) is 48.5 Å². The predicted molar refractivity (Wildman–Crippen MR) is 114 cm³/mol. The highest BCUT2D eigenvalue weighted by molar-refractivity contribution is 6.33. The maximum Gasteiger partial charge on any atom is 0.321 e. The molecule has 7 heteroatoms.